The van der Waals surface area contributed by atoms with Gasteiger partial charge in [-0.15, -0.1) is 11.8 Å². The Balaban J connectivity index is 1.71. The number of amides is 2. The predicted molar refractivity (Wildman–Crippen MR) is 87.6 cm³/mol. The van der Waals surface area contributed by atoms with Crippen LogP contribution in [0.3, 0.4) is 0 Å². The van der Waals surface area contributed by atoms with Crippen molar-refractivity contribution in [2.24, 2.45) is 0 Å². The number of rotatable bonds is 4. The summed E-state index contributed by atoms with van der Waals surface area (Å²) in [5.41, 5.74) is 1.09. The highest BCUT2D eigenvalue weighted by atomic mass is 32.2. The molecule has 0 spiro atoms. The first-order valence-corrected chi connectivity index (χ1v) is 8.90. The molecule has 1 atom stereocenters. The topological polar surface area (TPSA) is 50.8 Å². The fourth-order valence-electron chi connectivity index (χ4n) is 2.64. The Kier molecular flexibility index (Phi) is 4.97. The molecule has 2 aliphatic heterocycles. The average molecular weight is 322 g/mol. The molecule has 1 N–H and O–H groups in total. The molecule has 1 fully saturated rings. The summed E-state index contributed by atoms with van der Waals surface area (Å²) >= 11 is 1.79. The number of carbonyl (C=O) groups is 1. The van der Waals surface area contributed by atoms with Gasteiger partial charge in [0.15, 0.2) is 11.5 Å². The second-order valence-corrected chi connectivity index (χ2v) is 6.59. The van der Waals surface area contributed by atoms with Gasteiger partial charge in [0.05, 0.1) is 0 Å². The molecule has 120 valence electrons. The number of unbranched alkanes of at least 4 members (excludes halogenated alkanes) is 1. The molecule has 0 aliphatic carbocycles. The van der Waals surface area contributed by atoms with Crippen molar-refractivity contribution < 1.29 is 14.3 Å². The first kappa shape index (κ1) is 15.3. The quantitative estimate of drug-likeness (QED) is 0.866. The van der Waals surface area contributed by atoms with Gasteiger partial charge >= 0.3 is 6.03 Å². The highest BCUT2D eigenvalue weighted by molar-refractivity contribution is 7.99. The lowest BCUT2D eigenvalue weighted by Crippen LogP contribution is -2.39. The molecule has 1 aromatic rings. The second-order valence-electron chi connectivity index (χ2n) is 5.41. The van der Waals surface area contributed by atoms with Gasteiger partial charge in [-0.3, -0.25) is 0 Å². The van der Waals surface area contributed by atoms with Crippen LogP contribution >= 0.6 is 11.8 Å². The van der Waals surface area contributed by atoms with Crippen LogP contribution < -0.4 is 14.8 Å². The Morgan fingerprint density at radius 3 is 3.00 bits per heavy atom. The number of benzene rings is 1. The van der Waals surface area contributed by atoms with Crippen LogP contribution in [0.4, 0.5) is 4.79 Å². The number of carbonyl (C=O) groups excluding carboxylic acids is 1. The Hall–Kier alpha value is -1.56. The third-order valence-corrected chi connectivity index (χ3v) is 5.07. The van der Waals surface area contributed by atoms with E-state index < -0.39 is 0 Å². The van der Waals surface area contributed by atoms with Crippen molar-refractivity contribution in [3.05, 3.63) is 23.8 Å². The molecule has 1 saturated heterocycles. The molecular formula is C16H22N2O3S. The summed E-state index contributed by atoms with van der Waals surface area (Å²) in [4.78, 5) is 14.2. The summed E-state index contributed by atoms with van der Waals surface area (Å²) in [6.45, 7) is 4.81. The fraction of sp³-hybridized carbons (Fsp3) is 0.562. The van der Waals surface area contributed by atoms with Gasteiger partial charge in [0, 0.05) is 18.8 Å². The molecule has 22 heavy (non-hydrogen) atoms. The summed E-state index contributed by atoms with van der Waals surface area (Å²) in [5, 5.41) is 3.06. The standard InChI is InChI=1S/C16H22N2O3S/c1-2-3-6-17-16(19)18-7-10-22-15(18)12-4-5-13-14(11-12)21-9-8-20-13/h4-5,11,15H,2-3,6-10H2,1H3,(H,17,19). The molecule has 3 rings (SSSR count). The number of hydrogen-bond acceptors (Lipinski definition) is 4. The Labute approximate surface area is 135 Å². The largest absolute Gasteiger partial charge is 0.486 e. The van der Waals surface area contributed by atoms with Gasteiger partial charge in [0.1, 0.15) is 18.6 Å². The van der Waals surface area contributed by atoms with E-state index in [1.807, 2.05) is 23.1 Å². The smallest absolute Gasteiger partial charge is 0.318 e. The third kappa shape index (κ3) is 3.27. The minimum Gasteiger partial charge on any atom is -0.486 e. The van der Waals surface area contributed by atoms with Crippen LogP contribution in [0.1, 0.15) is 30.7 Å². The number of thioether (sulfide) groups is 1. The molecule has 0 saturated carbocycles. The normalized spacial score (nSPS) is 20.0. The molecule has 2 amide bonds. The summed E-state index contributed by atoms with van der Waals surface area (Å²) < 4.78 is 11.2. The van der Waals surface area contributed by atoms with E-state index in [4.69, 9.17) is 9.47 Å². The van der Waals surface area contributed by atoms with Gasteiger partial charge < -0.3 is 19.7 Å². The molecule has 0 aromatic heterocycles. The summed E-state index contributed by atoms with van der Waals surface area (Å²) in [5.74, 6) is 2.53. The number of fused-ring (bicyclic) bond motifs is 1. The van der Waals surface area contributed by atoms with Gasteiger partial charge in [-0.1, -0.05) is 19.4 Å². The monoisotopic (exact) mass is 322 g/mol. The highest BCUT2D eigenvalue weighted by Gasteiger charge is 2.31. The van der Waals surface area contributed by atoms with Crippen LogP contribution in [0, 0.1) is 0 Å². The van der Waals surface area contributed by atoms with Gasteiger partial charge in [0.25, 0.3) is 0 Å². The maximum absolute atomic E-state index is 12.3. The zero-order chi connectivity index (χ0) is 15.4. The van der Waals surface area contributed by atoms with Gasteiger partial charge in [-0.2, -0.15) is 0 Å². The Morgan fingerprint density at radius 2 is 2.18 bits per heavy atom. The van der Waals surface area contributed by atoms with E-state index in [-0.39, 0.29) is 11.4 Å². The SMILES string of the molecule is CCCCNC(=O)N1CCSC1c1ccc2c(c1)OCCO2. The molecule has 1 unspecified atom stereocenters. The molecule has 1 aromatic carbocycles. The maximum atomic E-state index is 12.3. The van der Waals surface area contributed by atoms with Crippen molar-refractivity contribution in [2.45, 2.75) is 25.1 Å². The first-order valence-electron chi connectivity index (χ1n) is 7.85. The lowest BCUT2D eigenvalue weighted by molar-refractivity contribution is 0.171. The van der Waals surface area contributed by atoms with Crippen LogP contribution in [0.5, 0.6) is 11.5 Å². The molecule has 0 radical (unpaired) electrons. The number of nitrogens with one attached hydrogen (secondary N) is 1. The second kappa shape index (κ2) is 7.13. The van der Waals surface area contributed by atoms with E-state index >= 15 is 0 Å². The number of hydrogen-bond donors (Lipinski definition) is 1. The van der Waals surface area contributed by atoms with Crippen molar-refractivity contribution in [1.29, 1.82) is 0 Å². The van der Waals surface area contributed by atoms with Crippen LogP contribution in [0.15, 0.2) is 18.2 Å². The molecule has 6 heteroatoms. The number of urea groups is 1. The van der Waals surface area contributed by atoms with Crippen LogP contribution in [0.25, 0.3) is 0 Å². The third-order valence-electron chi connectivity index (χ3n) is 3.81. The first-order chi connectivity index (χ1) is 10.8. The molecular weight excluding hydrogens is 300 g/mol. The van der Waals surface area contributed by atoms with E-state index in [0.29, 0.717) is 13.2 Å². The van der Waals surface area contributed by atoms with Crippen molar-refractivity contribution in [1.82, 2.24) is 10.2 Å². The average Bonchev–Trinajstić information content (AvgIpc) is 3.04. The highest BCUT2D eigenvalue weighted by Crippen LogP contribution is 2.41. The molecule has 2 heterocycles. The lowest BCUT2D eigenvalue weighted by Gasteiger charge is -2.26. The van der Waals surface area contributed by atoms with E-state index in [2.05, 4.69) is 12.2 Å². The van der Waals surface area contributed by atoms with E-state index in [1.54, 1.807) is 11.8 Å². The van der Waals surface area contributed by atoms with Gasteiger partial charge in [-0.05, 0) is 24.1 Å². The maximum Gasteiger partial charge on any atom is 0.318 e. The summed E-state index contributed by atoms with van der Waals surface area (Å²) in [6, 6.07) is 6.00. The lowest BCUT2D eigenvalue weighted by atomic mass is 10.1. The predicted octanol–water partition coefficient (Wildman–Crippen LogP) is 3.01. The zero-order valence-corrected chi connectivity index (χ0v) is 13.7. The summed E-state index contributed by atoms with van der Waals surface area (Å²) in [7, 11) is 0. The van der Waals surface area contributed by atoms with Crippen LogP contribution in [-0.2, 0) is 0 Å². The van der Waals surface area contributed by atoms with Gasteiger partial charge in [-0.25, -0.2) is 4.79 Å². The molecule has 0 bridgehead atoms. The Bertz CT molecular complexity index is 538. The molecule has 5 nitrogen and oxygen atoms in total. The fourth-order valence-corrected chi connectivity index (χ4v) is 3.89. The number of nitrogens with zero attached hydrogens (tertiary/aromatic N) is 1. The summed E-state index contributed by atoms with van der Waals surface area (Å²) in [6.07, 6.45) is 2.10. The Morgan fingerprint density at radius 1 is 1.36 bits per heavy atom. The van der Waals surface area contributed by atoms with Crippen molar-refractivity contribution >= 4 is 17.8 Å². The van der Waals surface area contributed by atoms with Crippen molar-refractivity contribution in [3.8, 4) is 11.5 Å². The van der Waals surface area contributed by atoms with Crippen molar-refractivity contribution in [3.63, 3.8) is 0 Å². The van der Waals surface area contributed by atoms with Crippen molar-refractivity contribution in [2.75, 3.05) is 32.1 Å². The molecule has 2 aliphatic rings. The van der Waals surface area contributed by atoms with E-state index in [9.17, 15) is 4.79 Å². The van der Waals surface area contributed by atoms with E-state index in [1.165, 1.54) is 0 Å². The minimum absolute atomic E-state index is 0.0262. The van der Waals surface area contributed by atoms with Crippen LogP contribution in [0.2, 0.25) is 0 Å². The van der Waals surface area contributed by atoms with Gasteiger partial charge in [0.2, 0.25) is 0 Å². The van der Waals surface area contributed by atoms with Crippen LogP contribution in [-0.4, -0.2) is 43.0 Å². The number of ether oxygens (including phenoxy) is 2. The zero-order valence-electron chi connectivity index (χ0n) is 12.8. The van der Waals surface area contributed by atoms with E-state index in [0.717, 1.165) is 48.7 Å². The minimum atomic E-state index is 0.0262.